The van der Waals surface area contributed by atoms with Gasteiger partial charge < -0.3 is 10.2 Å². The van der Waals surface area contributed by atoms with E-state index >= 15 is 0 Å². The molecular weight excluding hydrogens is 472 g/mol. The van der Waals surface area contributed by atoms with Gasteiger partial charge in [-0.25, -0.2) is 0 Å². The maximum atomic E-state index is 11.3. The molecule has 0 radical (unpaired) electrons. The lowest BCUT2D eigenvalue weighted by Crippen LogP contribution is -2.25. The van der Waals surface area contributed by atoms with Gasteiger partial charge in [0.25, 0.3) is 5.09 Å². The summed E-state index contributed by atoms with van der Waals surface area (Å²) in [4.78, 5) is 25.3. The molecule has 206 valence electrons. The first kappa shape index (κ1) is 34.0. The van der Waals surface area contributed by atoms with Gasteiger partial charge in [-0.15, -0.1) is 10.1 Å². The quantitative estimate of drug-likeness (QED) is 0.0977. The number of nitrogens with zero attached hydrogens (tertiary/aromatic N) is 1. The molecule has 0 atom stereocenters. The van der Waals surface area contributed by atoms with E-state index in [1.54, 1.807) is 0 Å². The Bertz CT molecular complexity index is 664. The number of benzene rings is 1. The summed E-state index contributed by atoms with van der Waals surface area (Å²) in [5.74, 6) is 2.43. The molecule has 1 aliphatic rings. The van der Waals surface area contributed by atoms with E-state index in [1.165, 1.54) is 75.1 Å². The Labute approximate surface area is 224 Å². The third-order valence-corrected chi connectivity index (χ3v) is 6.85. The van der Waals surface area contributed by atoms with Crippen LogP contribution in [0.4, 0.5) is 0 Å². The van der Waals surface area contributed by atoms with Gasteiger partial charge in [0.2, 0.25) is 5.91 Å². The molecule has 1 aromatic carbocycles. The van der Waals surface area contributed by atoms with Crippen molar-refractivity contribution in [1.29, 1.82) is 0 Å². The van der Waals surface area contributed by atoms with Gasteiger partial charge in [-0.2, -0.15) is 11.8 Å². The molecule has 2 rings (SSSR count). The lowest BCUT2D eigenvalue weighted by Gasteiger charge is -2.07. The Morgan fingerprint density at radius 2 is 1.83 bits per heavy atom. The second-order valence-electron chi connectivity index (χ2n) is 8.72. The fraction of sp³-hybridized carbons (Fsp3) is 0.690. The average Bonchev–Trinajstić information content (AvgIpc) is 3.42. The number of amides is 1. The molecule has 0 bridgehead atoms. The van der Waals surface area contributed by atoms with Crippen LogP contribution in [0.3, 0.4) is 0 Å². The summed E-state index contributed by atoms with van der Waals surface area (Å²) < 4.78 is 0. The number of unbranched alkanes of at least 4 members (excludes halogenated alkanes) is 3. The zero-order valence-electron chi connectivity index (χ0n) is 22.9. The topological polar surface area (TPSA) is 81.5 Å². The Kier molecular flexibility index (Phi) is 24.6. The molecule has 1 amide bonds. The summed E-state index contributed by atoms with van der Waals surface area (Å²) in [6, 6.07) is 10.9. The van der Waals surface area contributed by atoms with Crippen molar-refractivity contribution in [3.05, 3.63) is 58.2 Å². The number of thioether (sulfide) groups is 1. The number of nitrogens with one attached hydrogen (secondary N) is 1. The van der Waals surface area contributed by atoms with Crippen molar-refractivity contribution in [3.8, 4) is 0 Å². The maximum absolute atomic E-state index is 11.3. The summed E-state index contributed by atoms with van der Waals surface area (Å²) in [5.41, 5.74) is 1.50. The molecule has 1 aliphatic carbocycles. The second kappa shape index (κ2) is 26.1. The lowest BCUT2D eigenvalue weighted by molar-refractivity contribution is -0.756. The molecule has 7 heteroatoms. The van der Waals surface area contributed by atoms with Crippen molar-refractivity contribution >= 4 is 17.7 Å². The summed E-state index contributed by atoms with van der Waals surface area (Å²) in [5, 5.41) is 11.8. The number of carbonyl (C=O) groups excluding carboxylic acids is 1. The first-order chi connectivity index (χ1) is 17.6. The summed E-state index contributed by atoms with van der Waals surface area (Å²) in [6.45, 7) is 6.64. The minimum absolute atomic E-state index is 0.0571. The Morgan fingerprint density at radius 3 is 2.50 bits per heavy atom. The molecule has 1 saturated carbocycles. The van der Waals surface area contributed by atoms with Crippen LogP contribution in [0.15, 0.2) is 42.5 Å². The fourth-order valence-corrected chi connectivity index (χ4v) is 4.70. The molecule has 1 fully saturated rings. The van der Waals surface area contributed by atoms with E-state index in [0.29, 0.717) is 18.7 Å². The van der Waals surface area contributed by atoms with Crippen LogP contribution in [0.1, 0.15) is 97.0 Å². The molecule has 0 spiro atoms. The van der Waals surface area contributed by atoms with Crippen LogP contribution in [0, 0.1) is 16.0 Å². The number of hydrogen-bond donors (Lipinski definition) is 1. The molecule has 0 unspecified atom stereocenters. The van der Waals surface area contributed by atoms with E-state index in [4.69, 9.17) is 0 Å². The van der Waals surface area contributed by atoms with Gasteiger partial charge in [-0.3, -0.25) is 4.79 Å². The highest BCUT2D eigenvalue weighted by atomic mass is 32.2. The zero-order valence-corrected chi connectivity index (χ0v) is 23.7. The Balaban J connectivity index is 0.000000638. The van der Waals surface area contributed by atoms with E-state index in [9.17, 15) is 14.9 Å². The predicted molar refractivity (Wildman–Crippen MR) is 154 cm³/mol. The minimum Gasteiger partial charge on any atom is -0.355 e. The molecule has 0 heterocycles. The van der Waals surface area contributed by atoms with Crippen molar-refractivity contribution in [2.75, 3.05) is 24.7 Å². The number of hydrogen-bond acceptors (Lipinski definition) is 5. The minimum atomic E-state index is -0.799. The predicted octanol–water partition coefficient (Wildman–Crippen LogP) is 7.80. The molecular formula is C29H50N2O4S. The van der Waals surface area contributed by atoms with Crippen molar-refractivity contribution in [2.45, 2.75) is 97.8 Å². The smallest absolute Gasteiger partial charge is 0.294 e. The first-order valence-corrected chi connectivity index (χ1v) is 15.0. The van der Waals surface area contributed by atoms with Gasteiger partial charge in [0.15, 0.2) is 0 Å². The van der Waals surface area contributed by atoms with Crippen molar-refractivity contribution in [1.82, 2.24) is 5.32 Å². The van der Waals surface area contributed by atoms with Crippen LogP contribution >= 0.6 is 11.8 Å². The van der Waals surface area contributed by atoms with Crippen LogP contribution in [-0.4, -0.2) is 35.7 Å². The third-order valence-electron chi connectivity index (χ3n) is 5.90. The summed E-state index contributed by atoms with van der Waals surface area (Å²) in [7, 11) is 0. The molecule has 1 N–H and O–H groups in total. The number of carbonyl (C=O) groups is 1. The maximum Gasteiger partial charge on any atom is 0.294 e. The standard InChI is InChI=1S/C16H24.C11H20N2O4S.C2H6/c1-3-9-15(10-4-1)11-5-2-6-12-16-13-7-8-14-16;1-2-3-4-5-6-11(14)12-7-9-18-10-8-17-13(15)16;1-2/h1,3-4,9-10,16H,2,5-8,11-14H2;2-3H,4-10H2,1H3,(H,12,14);1-2H3/b;3-2-;. The number of allylic oxidation sites excluding steroid dienone is 2. The van der Waals surface area contributed by atoms with Crippen LogP contribution < -0.4 is 5.32 Å². The monoisotopic (exact) mass is 522 g/mol. The van der Waals surface area contributed by atoms with Gasteiger partial charge in [0.1, 0.15) is 6.61 Å². The van der Waals surface area contributed by atoms with Crippen LogP contribution in [0.5, 0.6) is 0 Å². The molecule has 1 aromatic rings. The normalized spacial score (nSPS) is 12.9. The van der Waals surface area contributed by atoms with Crippen molar-refractivity contribution < 1.29 is 14.7 Å². The Hall–Kier alpha value is -2.02. The van der Waals surface area contributed by atoms with E-state index in [-0.39, 0.29) is 12.5 Å². The van der Waals surface area contributed by atoms with Crippen molar-refractivity contribution in [2.24, 2.45) is 5.92 Å². The van der Waals surface area contributed by atoms with Gasteiger partial charge >= 0.3 is 0 Å². The highest BCUT2D eigenvalue weighted by Gasteiger charge is 2.13. The second-order valence-corrected chi connectivity index (χ2v) is 9.94. The van der Waals surface area contributed by atoms with E-state index < -0.39 is 5.09 Å². The zero-order chi connectivity index (χ0) is 26.7. The molecule has 0 aromatic heterocycles. The summed E-state index contributed by atoms with van der Waals surface area (Å²) >= 11 is 1.51. The number of aryl methyl sites for hydroxylation is 1. The van der Waals surface area contributed by atoms with E-state index in [0.717, 1.165) is 24.5 Å². The lowest BCUT2D eigenvalue weighted by atomic mass is 9.98. The molecule has 0 saturated heterocycles. The van der Waals surface area contributed by atoms with Gasteiger partial charge in [-0.05, 0) is 44.1 Å². The Morgan fingerprint density at radius 1 is 1.11 bits per heavy atom. The van der Waals surface area contributed by atoms with Crippen molar-refractivity contribution in [3.63, 3.8) is 0 Å². The van der Waals surface area contributed by atoms with E-state index in [1.807, 2.05) is 32.9 Å². The largest absolute Gasteiger partial charge is 0.355 e. The summed E-state index contributed by atoms with van der Waals surface area (Å²) in [6.07, 6.45) is 19.4. The molecule has 6 nitrogen and oxygen atoms in total. The van der Waals surface area contributed by atoms with Crippen LogP contribution in [0.2, 0.25) is 0 Å². The van der Waals surface area contributed by atoms with Crippen LogP contribution in [0.25, 0.3) is 0 Å². The average molecular weight is 523 g/mol. The SMILES string of the molecule is C/C=C\CCCC(=O)NCCSCCO[N+](=O)[O-].CC.c1ccc(CCCCCC2CCCC2)cc1. The fourth-order valence-electron chi connectivity index (χ4n) is 4.05. The van der Waals surface area contributed by atoms with Crippen LogP contribution in [-0.2, 0) is 16.1 Å². The highest BCUT2D eigenvalue weighted by molar-refractivity contribution is 7.99. The van der Waals surface area contributed by atoms with Gasteiger partial charge in [-0.1, -0.05) is 101 Å². The molecule has 36 heavy (non-hydrogen) atoms. The number of rotatable bonds is 17. The first-order valence-electron chi connectivity index (χ1n) is 13.9. The van der Waals surface area contributed by atoms with Gasteiger partial charge in [0, 0.05) is 24.5 Å². The highest BCUT2D eigenvalue weighted by Crippen LogP contribution is 2.29. The third kappa shape index (κ3) is 22.4. The molecule has 0 aliphatic heterocycles. The van der Waals surface area contributed by atoms with E-state index in [2.05, 4.69) is 40.5 Å². The van der Waals surface area contributed by atoms with Gasteiger partial charge in [0.05, 0.1) is 0 Å².